The van der Waals surface area contributed by atoms with Crippen LogP contribution >= 0.6 is 0 Å². The molecule has 1 saturated heterocycles. The lowest BCUT2D eigenvalue weighted by molar-refractivity contribution is -0.130. The van der Waals surface area contributed by atoms with Gasteiger partial charge in [-0.05, 0) is 0 Å². The Morgan fingerprint density at radius 3 is 2.81 bits per heavy atom. The molecule has 1 aliphatic rings. The van der Waals surface area contributed by atoms with E-state index in [4.69, 9.17) is 4.74 Å². The van der Waals surface area contributed by atoms with Crippen LogP contribution in [0, 0.1) is 0 Å². The zero-order valence-corrected chi connectivity index (χ0v) is 9.30. The van der Waals surface area contributed by atoms with Crippen molar-refractivity contribution in [3.05, 3.63) is 18.6 Å². The zero-order chi connectivity index (χ0) is 11.4. The number of likely N-dealkylation sites (tertiary alicyclic amines) is 1. The minimum absolute atomic E-state index is 0.139. The monoisotopic (exact) mass is 221 g/mol. The van der Waals surface area contributed by atoms with E-state index in [1.165, 1.54) is 6.33 Å². The van der Waals surface area contributed by atoms with Crippen molar-refractivity contribution in [3.8, 4) is 5.88 Å². The molecular weight excluding hydrogens is 206 g/mol. The van der Waals surface area contributed by atoms with E-state index >= 15 is 0 Å². The summed E-state index contributed by atoms with van der Waals surface area (Å²) in [6.07, 6.45) is 5.02. The Kier molecular flexibility index (Phi) is 3.34. The molecule has 0 bridgehead atoms. The number of aromatic nitrogens is 2. The summed E-state index contributed by atoms with van der Waals surface area (Å²) in [5, 5.41) is 0. The summed E-state index contributed by atoms with van der Waals surface area (Å²) >= 11 is 0. The number of hydrogen-bond donors (Lipinski definition) is 0. The molecule has 0 saturated carbocycles. The van der Waals surface area contributed by atoms with Crippen LogP contribution in [0.4, 0.5) is 0 Å². The highest BCUT2D eigenvalue weighted by atomic mass is 16.5. The van der Waals surface area contributed by atoms with Gasteiger partial charge in [0.05, 0.1) is 0 Å². The number of ether oxygens (including phenoxy) is 1. The average Bonchev–Trinajstić information content (AvgIpc) is 2.31. The first kappa shape index (κ1) is 10.9. The van der Waals surface area contributed by atoms with Crippen LogP contribution < -0.4 is 4.74 Å². The van der Waals surface area contributed by atoms with E-state index < -0.39 is 0 Å². The predicted octanol–water partition coefficient (Wildman–Crippen LogP) is 0.866. The Morgan fingerprint density at radius 2 is 2.25 bits per heavy atom. The van der Waals surface area contributed by atoms with Gasteiger partial charge in [0.1, 0.15) is 12.4 Å². The van der Waals surface area contributed by atoms with Crippen LogP contribution in [0.1, 0.15) is 19.8 Å². The van der Waals surface area contributed by atoms with Gasteiger partial charge in [0, 0.05) is 45.1 Å². The van der Waals surface area contributed by atoms with E-state index in [2.05, 4.69) is 9.97 Å². The fourth-order valence-electron chi connectivity index (χ4n) is 1.81. The molecule has 16 heavy (non-hydrogen) atoms. The van der Waals surface area contributed by atoms with Crippen LogP contribution in [0.3, 0.4) is 0 Å². The number of amides is 1. The molecule has 1 fully saturated rings. The quantitative estimate of drug-likeness (QED) is 0.743. The smallest absolute Gasteiger partial charge is 0.219 e. The van der Waals surface area contributed by atoms with Crippen LogP contribution in [0.5, 0.6) is 5.88 Å². The van der Waals surface area contributed by atoms with Crippen molar-refractivity contribution in [3.63, 3.8) is 0 Å². The SMILES string of the molecule is CC(=O)N1CCC(Oc2ccncn2)CC1. The van der Waals surface area contributed by atoms with Gasteiger partial charge < -0.3 is 9.64 Å². The van der Waals surface area contributed by atoms with E-state index in [-0.39, 0.29) is 12.0 Å². The molecule has 0 atom stereocenters. The van der Waals surface area contributed by atoms with Crippen molar-refractivity contribution >= 4 is 5.91 Å². The van der Waals surface area contributed by atoms with Crippen LogP contribution in [-0.4, -0.2) is 40.0 Å². The molecule has 1 aromatic heterocycles. The largest absolute Gasteiger partial charge is 0.474 e. The van der Waals surface area contributed by atoms with Crippen LogP contribution in [0.2, 0.25) is 0 Å². The maximum Gasteiger partial charge on any atom is 0.219 e. The van der Waals surface area contributed by atoms with Crippen molar-refractivity contribution in [1.82, 2.24) is 14.9 Å². The van der Waals surface area contributed by atoms with E-state index in [9.17, 15) is 4.79 Å². The third kappa shape index (κ3) is 2.68. The summed E-state index contributed by atoms with van der Waals surface area (Å²) in [5.74, 6) is 0.747. The maximum atomic E-state index is 11.1. The Labute approximate surface area is 94.5 Å². The normalized spacial score (nSPS) is 17.2. The molecule has 0 spiro atoms. The topological polar surface area (TPSA) is 55.3 Å². The van der Waals surface area contributed by atoms with Crippen LogP contribution in [0.15, 0.2) is 18.6 Å². The lowest BCUT2D eigenvalue weighted by Gasteiger charge is -2.31. The molecule has 2 heterocycles. The summed E-state index contributed by atoms with van der Waals surface area (Å²) in [5.41, 5.74) is 0. The van der Waals surface area contributed by atoms with Gasteiger partial charge in [-0.1, -0.05) is 0 Å². The minimum Gasteiger partial charge on any atom is -0.474 e. The van der Waals surface area contributed by atoms with Crippen LogP contribution in [0.25, 0.3) is 0 Å². The third-order valence-corrected chi connectivity index (χ3v) is 2.73. The lowest BCUT2D eigenvalue weighted by Crippen LogP contribution is -2.40. The van der Waals surface area contributed by atoms with Crippen molar-refractivity contribution in [2.45, 2.75) is 25.9 Å². The highest BCUT2D eigenvalue weighted by Gasteiger charge is 2.21. The highest BCUT2D eigenvalue weighted by molar-refractivity contribution is 5.73. The van der Waals surface area contributed by atoms with E-state index in [1.807, 2.05) is 4.90 Å². The summed E-state index contributed by atoms with van der Waals surface area (Å²) in [7, 11) is 0. The molecule has 5 heteroatoms. The first-order chi connectivity index (χ1) is 7.75. The second-order valence-electron chi connectivity index (χ2n) is 3.87. The molecule has 0 aromatic carbocycles. The van der Waals surface area contributed by atoms with Gasteiger partial charge in [-0.2, -0.15) is 0 Å². The Balaban J connectivity index is 1.84. The Hall–Kier alpha value is -1.65. The van der Waals surface area contributed by atoms with Gasteiger partial charge in [-0.15, -0.1) is 0 Å². The molecule has 0 aliphatic carbocycles. The first-order valence-electron chi connectivity index (χ1n) is 5.44. The molecule has 1 aromatic rings. The van der Waals surface area contributed by atoms with Gasteiger partial charge in [0.25, 0.3) is 0 Å². The fraction of sp³-hybridized carbons (Fsp3) is 0.545. The summed E-state index contributed by atoms with van der Waals surface area (Å²) in [4.78, 5) is 20.8. The van der Waals surface area contributed by atoms with E-state index in [1.54, 1.807) is 19.2 Å². The van der Waals surface area contributed by atoms with Gasteiger partial charge in [0.15, 0.2) is 0 Å². The summed E-state index contributed by atoms with van der Waals surface area (Å²) in [6.45, 7) is 3.14. The molecular formula is C11H15N3O2. The van der Waals surface area contributed by atoms with Crippen molar-refractivity contribution in [2.75, 3.05) is 13.1 Å². The molecule has 0 unspecified atom stereocenters. The second kappa shape index (κ2) is 4.92. The van der Waals surface area contributed by atoms with Crippen LogP contribution in [-0.2, 0) is 4.79 Å². The number of hydrogen-bond acceptors (Lipinski definition) is 4. The Morgan fingerprint density at radius 1 is 1.50 bits per heavy atom. The molecule has 0 N–H and O–H groups in total. The van der Waals surface area contributed by atoms with E-state index in [0.717, 1.165) is 25.9 Å². The standard InChI is InChI=1S/C11H15N3O2/c1-9(15)14-6-3-10(4-7-14)16-11-2-5-12-8-13-11/h2,5,8,10H,3-4,6-7H2,1H3. The van der Waals surface area contributed by atoms with Crippen molar-refractivity contribution in [1.29, 1.82) is 0 Å². The highest BCUT2D eigenvalue weighted by Crippen LogP contribution is 2.16. The zero-order valence-electron chi connectivity index (χ0n) is 9.30. The summed E-state index contributed by atoms with van der Waals surface area (Å²) < 4.78 is 5.69. The number of carbonyl (C=O) groups is 1. The van der Waals surface area contributed by atoms with E-state index in [0.29, 0.717) is 5.88 Å². The second-order valence-corrected chi connectivity index (χ2v) is 3.87. The third-order valence-electron chi connectivity index (χ3n) is 2.73. The number of nitrogens with zero attached hydrogens (tertiary/aromatic N) is 3. The minimum atomic E-state index is 0.139. The summed E-state index contributed by atoms with van der Waals surface area (Å²) in [6, 6.07) is 1.75. The first-order valence-corrected chi connectivity index (χ1v) is 5.44. The number of carbonyl (C=O) groups excluding carboxylic acids is 1. The molecule has 1 amide bonds. The van der Waals surface area contributed by atoms with Gasteiger partial charge >= 0.3 is 0 Å². The van der Waals surface area contributed by atoms with Gasteiger partial charge in [0.2, 0.25) is 11.8 Å². The molecule has 86 valence electrons. The predicted molar refractivity (Wildman–Crippen MR) is 57.9 cm³/mol. The number of rotatable bonds is 2. The van der Waals surface area contributed by atoms with Gasteiger partial charge in [-0.3, -0.25) is 4.79 Å². The molecule has 2 rings (SSSR count). The van der Waals surface area contributed by atoms with Crippen molar-refractivity contribution in [2.24, 2.45) is 0 Å². The molecule has 1 aliphatic heterocycles. The molecule has 5 nitrogen and oxygen atoms in total. The molecule has 0 radical (unpaired) electrons. The average molecular weight is 221 g/mol. The fourth-order valence-corrected chi connectivity index (χ4v) is 1.81. The van der Waals surface area contributed by atoms with Crippen molar-refractivity contribution < 1.29 is 9.53 Å². The van der Waals surface area contributed by atoms with Gasteiger partial charge in [-0.25, -0.2) is 9.97 Å². The number of piperidine rings is 1. The lowest BCUT2D eigenvalue weighted by atomic mass is 10.1. The Bertz CT molecular complexity index is 348. The maximum absolute atomic E-state index is 11.1.